The lowest BCUT2D eigenvalue weighted by Crippen LogP contribution is -2.31. The van der Waals surface area contributed by atoms with E-state index < -0.39 is 12.2 Å². The van der Waals surface area contributed by atoms with Crippen molar-refractivity contribution < 1.29 is 19.4 Å². The summed E-state index contributed by atoms with van der Waals surface area (Å²) in [4.78, 5) is 23.0. The first-order valence-corrected chi connectivity index (χ1v) is 6.45. The molecule has 18 heavy (non-hydrogen) atoms. The standard InChI is InChI=1S/C11H16N2O4S/c1-3-17-11(16)13-9-6-18-5-8(9)10(15)12-4-7(2)14/h5-7,14H,3-4H2,1-2H3,(H,12,15)(H,13,16). The molecule has 0 fully saturated rings. The molecule has 0 bridgehead atoms. The summed E-state index contributed by atoms with van der Waals surface area (Å²) in [5.74, 6) is -0.344. The van der Waals surface area contributed by atoms with E-state index in [1.807, 2.05) is 0 Å². The van der Waals surface area contributed by atoms with Gasteiger partial charge in [0, 0.05) is 17.3 Å². The SMILES string of the molecule is CCOC(=O)Nc1cscc1C(=O)NCC(C)O. The Hall–Kier alpha value is -1.60. The predicted octanol–water partition coefficient (Wildman–Crippen LogP) is 1.43. The molecule has 2 amide bonds. The van der Waals surface area contributed by atoms with Gasteiger partial charge in [-0.1, -0.05) is 0 Å². The van der Waals surface area contributed by atoms with Crippen molar-refractivity contribution in [3.8, 4) is 0 Å². The first kappa shape index (κ1) is 14.5. The molecule has 0 saturated heterocycles. The maximum Gasteiger partial charge on any atom is 0.411 e. The lowest BCUT2D eigenvalue weighted by Gasteiger charge is -2.08. The molecule has 0 aliphatic carbocycles. The van der Waals surface area contributed by atoms with Crippen molar-refractivity contribution in [3.63, 3.8) is 0 Å². The van der Waals surface area contributed by atoms with Crippen LogP contribution in [0.4, 0.5) is 10.5 Å². The number of rotatable bonds is 5. The Bertz CT molecular complexity index is 417. The van der Waals surface area contributed by atoms with Crippen molar-refractivity contribution in [2.45, 2.75) is 20.0 Å². The van der Waals surface area contributed by atoms with Gasteiger partial charge in [0.15, 0.2) is 0 Å². The van der Waals surface area contributed by atoms with Crippen LogP contribution in [0.3, 0.4) is 0 Å². The molecule has 1 atom stereocenters. The van der Waals surface area contributed by atoms with E-state index in [1.54, 1.807) is 24.6 Å². The fraction of sp³-hybridized carbons (Fsp3) is 0.455. The number of thiophene rings is 1. The molecule has 1 aromatic rings. The van der Waals surface area contributed by atoms with Gasteiger partial charge >= 0.3 is 6.09 Å². The average Bonchev–Trinajstić information content (AvgIpc) is 2.74. The molecule has 1 aromatic heterocycles. The summed E-state index contributed by atoms with van der Waals surface area (Å²) in [5, 5.41) is 17.4. The molecule has 0 aliphatic heterocycles. The monoisotopic (exact) mass is 272 g/mol. The second-order valence-corrected chi connectivity index (χ2v) is 4.35. The third-order valence-electron chi connectivity index (χ3n) is 1.98. The van der Waals surface area contributed by atoms with Gasteiger partial charge in [-0.25, -0.2) is 4.79 Å². The van der Waals surface area contributed by atoms with Crippen LogP contribution >= 0.6 is 11.3 Å². The minimum absolute atomic E-state index is 0.160. The first-order chi connectivity index (χ1) is 8.54. The molecule has 0 radical (unpaired) electrons. The van der Waals surface area contributed by atoms with E-state index >= 15 is 0 Å². The van der Waals surface area contributed by atoms with Gasteiger partial charge in [0.05, 0.1) is 24.0 Å². The predicted molar refractivity (Wildman–Crippen MR) is 69.0 cm³/mol. The van der Waals surface area contributed by atoms with Crippen molar-refractivity contribution in [1.82, 2.24) is 5.32 Å². The molecule has 1 unspecified atom stereocenters. The van der Waals surface area contributed by atoms with Crippen LogP contribution in [-0.2, 0) is 4.74 Å². The van der Waals surface area contributed by atoms with Crippen LogP contribution in [0.5, 0.6) is 0 Å². The summed E-state index contributed by atoms with van der Waals surface area (Å²) in [5.41, 5.74) is 0.759. The van der Waals surface area contributed by atoms with Crippen molar-refractivity contribution in [2.24, 2.45) is 0 Å². The summed E-state index contributed by atoms with van der Waals surface area (Å²) in [6.07, 6.45) is -1.21. The fourth-order valence-corrected chi connectivity index (χ4v) is 1.94. The van der Waals surface area contributed by atoms with E-state index in [2.05, 4.69) is 10.6 Å². The number of aliphatic hydroxyl groups excluding tert-OH is 1. The minimum atomic E-state index is -0.617. The topological polar surface area (TPSA) is 87.7 Å². The third-order valence-corrected chi connectivity index (χ3v) is 2.72. The maximum atomic E-state index is 11.8. The van der Waals surface area contributed by atoms with Gasteiger partial charge in [-0.05, 0) is 13.8 Å². The van der Waals surface area contributed by atoms with Crippen LogP contribution in [0.2, 0.25) is 0 Å². The van der Waals surface area contributed by atoms with Gasteiger partial charge in [-0.3, -0.25) is 10.1 Å². The van der Waals surface area contributed by atoms with Crippen molar-refractivity contribution in [3.05, 3.63) is 16.3 Å². The van der Waals surface area contributed by atoms with Gasteiger partial charge in [-0.15, -0.1) is 11.3 Å². The lowest BCUT2D eigenvalue weighted by molar-refractivity contribution is 0.0925. The number of nitrogens with one attached hydrogen (secondary N) is 2. The highest BCUT2D eigenvalue weighted by molar-refractivity contribution is 7.08. The molecular weight excluding hydrogens is 256 g/mol. The number of carbonyl (C=O) groups excluding carboxylic acids is 2. The number of ether oxygens (including phenoxy) is 1. The molecule has 6 nitrogen and oxygen atoms in total. The first-order valence-electron chi connectivity index (χ1n) is 5.50. The summed E-state index contributed by atoms with van der Waals surface area (Å²) < 4.78 is 4.73. The highest BCUT2D eigenvalue weighted by Crippen LogP contribution is 2.20. The zero-order valence-corrected chi connectivity index (χ0v) is 11.0. The van der Waals surface area contributed by atoms with Crippen LogP contribution in [0.15, 0.2) is 10.8 Å². The number of hydrogen-bond acceptors (Lipinski definition) is 5. The van der Waals surface area contributed by atoms with Crippen molar-refractivity contribution in [1.29, 1.82) is 0 Å². The van der Waals surface area contributed by atoms with Gasteiger partial charge in [0.1, 0.15) is 0 Å². The Morgan fingerprint density at radius 2 is 2.22 bits per heavy atom. The number of hydrogen-bond donors (Lipinski definition) is 3. The molecule has 3 N–H and O–H groups in total. The zero-order valence-electron chi connectivity index (χ0n) is 10.2. The zero-order chi connectivity index (χ0) is 13.5. The maximum absolute atomic E-state index is 11.8. The normalized spacial score (nSPS) is 11.7. The Morgan fingerprint density at radius 1 is 1.50 bits per heavy atom. The summed E-state index contributed by atoms with van der Waals surface area (Å²) >= 11 is 1.30. The fourth-order valence-electron chi connectivity index (χ4n) is 1.18. The van der Waals surface area contributed by atoms with E-state index in [0.717, 1.165) is 0 Å². The summed E-state index contributed by atoms with van der Waals surface area (Å²) in [7, 11) is 0. The van der Waals surface area contributed by atoms with E-state index in [-0.39, 0.29) is 19.1 Å². The number of aliphatic hydroxyl groups is 1. The molecule has 7 heteroatoms. The average molecular weight is 272 g/mol. The Kier molecular flexibility index (Phi) is 5.60. The largest absolute Gasteiger partial charge is 0.450 e. The van der Waals surface area contributed by atoms with Gasteiger partial charge in [0.25, 0.3) is 5.91 Å². The Labute approximate surface area is 109 Å². The van der Waals surface area contributed by atoms with Crippen molar-refractivity contribution >= 4 is 29.0 Å². The Balaban J connectivity index is 2.64. The quantitative estimate of drug-likeness (QED) is 0.756. The highest BCUT2D eigenvalue weighted by Gasteiger charge is 2.15. The number of carbonyl (C=O) groups is 2. The van der Waals surface area contributed by atoms with Crippen LogP contribution in [0.25, 0.3) is 0 Å². The second kappa shape index (κ2) is 6.97. The van der Waals surface area contributed by atoms with Gasteiger partial charge in [0.2, 0.25) is 0 Å². The molecule has 0 spiro atoms. The van der Waals surface area contributed by atoms with Crippen molar-refractivity contribution in [2.75, 3.05) is 18.5 Å². The van der Waals surface area contributed by atoms with E-state index in [1.165, 1.54) is 11.3 Å². The second-order valence-electron chi connectivity index (χ2n) is 3.60. The molecule has 0 aliphatic rings. The van der Waals surface area contributed by atoms with Crippen LogP contribution < -0.4 is 10.6 Å². The van der Waals surface area contributed by atoms with Gasteiger partial charge in [-0.2, -0.15) is 0 Å². The van der Waals surface area contributed by atoms with E-state index in [9.17, 15) is 9.59 Å². The Morgan fingerprint density at radius 3 is 2.83 bits per heavy atom. The molecule has 0 aromatic carbocycles. The van der Waals surface area contributed by atoms with E-state index in [4.69, 9.17) is 9.84 Å². The highest BCUT2D eigenvalue weighted by atomic mass is 32.1. The number of anilines is 1. The molecule has 1 heterocycles. The van der Waals surface area contributed by atoms with Crippen LogP contribution in [0, 0.1) is 0 Å². The summed E-state index contributed by atoms with van der Waals surface area (Å²) in [6.45, 7) is 3.70. The molecular formula is C11H16N2O4S. The lowest BCUT2D eigenvalue weighted by atomic mass is 10.2. The third kappa shape index (κ3) is 4.34. The molecule has 1 rings (SSSR count). The summed E-state index contributed by atoms with van der Waals surface area (Å²) in [6, 6.07) is 0. The van der Waals surface area contributed by atoms with E-state index in [0.29, 0.717) is 11.3 Å². The molecule has 100 valence electrons. The number of amides is 2. The molecule has 0 saturated carbocycles. The smallest absolute Gasteiger partial charge is 0.411 e. The minimum Gasteiger partial charge on any atom is -0.450 e. The van der Waals surface area contributed by atoms with Gasteiger partial charge < -0.3 is 15.2 Å². The van der Waals surface area contributed by atoms with Crippen LogP contribution in [-0.4, -0.2) is 36.4 Å². The van der Waals surface area contributed by atoms with Crippen LogP contribution in [0.1, 0.15) is 24.2 Å².